The van der Waals surface area contributed by atoms with Crippen LogP contribution in [-0.2, 0) is 14.9 Å². The number of methoxy groups -OCH3 is 1. The van der Waals surface area contributed by atoms with Crippen molar-refractivity contribution in [1.82, 2.24) is 4.90 Å². The van der Waals surface area contributed by atoms with Gasteiger partial charge in [-0.05, 0) is 31.2 Å². The molecule has 1 fully saturated rings. The van der Waals surface area contributed by atoms with E-state index in [-0.39, 0.29) is 30.5 Å². The Bertz CT molecular complexity index is 720. The van der Waals surface area contributed by atoms with Gasteiger partial charge >= 0.3 is 0 Å². The number of aliphatic hydroxyl groups is 1. The van der Waals surface area contributed by atoms with E-state index in [0.717, 1.165) is 29.8 Å². The van der Waals surface area contributed by atoms with Gasteiger partial charge in [-0.3, -0.25) is 4.90 Å². The molecule has 128 valence electrons. The van der Waals surface area contributed by atoms with Crippen LogP contribution in [0.3, 0.4) is 0 Å². The maximum absolute atomic E-state index is 10.5. The number of hydrogen-bond acceptors (Lipinski definition) is 6. The fourth-order valence-corrected chi connectivity index (χ4v) is 4.82. The zero-order valence-electron chi connectivity index (χ0n) is 13.8. The number of aliphatic hydroxyl groups excluding tert-OH is 1. The molecule has 6 heteroatoms. The molecule has 3 aliphatic heterocycles. The highest BCUT2D eigenvalue weighted by Gasteiger charge is 2.59. The van der Waals surface area contributed by atoms with E-state index in [2.05, 4.69) is 24.1 Å². The van der Waals surface area contributed by atoms with Crippen molar-refractivity contribution < 1.29 is 24.1 Å². The molecule has 1 N–H and O–H groups in total. The van der Waals surface area contributed by atoms with Crippen LogP contribution in [0, 0.1) is 0 Å². The fraction of sp³-hybridized carbons (Fsp3) is 0.556. The van der Waals surface area contributed by atoms with Crippen LogP contribution < -0.4 is 9.47 Å². The second-order valence-corrected chi connectivity index (χ2v) is 7.03. The van der Waals surface area contributed by atoms with Crippen LogP contribution in [-0.4, -0.2) is 55.8 Å². The minimum Gasteiger partial charge on any atom is -0.454 e. The molecule has 3 heterocycles. The molecular formula is C18H21NO5. The van der Waals surface area contributed by atoms with E-state index in [0.29, 0.717) is 5.75 Å². The zero-order chi connectivity index (χ0) is 16.5. The topological polar surface area (TPSA) is 60.4 Å². The highest BCUT2D eigenvalue weighted by molar-refractivity contribution is 5.56. The number of fused-ring (bicyclic) bond motifs is 2. The minimum atomic E-state index is -0.939. The number of nitrogens with zero attached hydrogens (tertiary/aromatic N) is 1. The fourth-order valence-electron chi connectivity index (χ4n) is 4.82. The van der Waals surface area contributed by atoms with Gasteiger partial charge in [-0.1, -0.05) is 12.2 Å². The van der Waals surface area contributed by atoms with Crippen molar-refractivity contribution in [3.05, 3.63) is 35.4 Å². The molecule has 0 saturated carbocycles. The summed E-state index contributed by atoms with van der Waals surface area (Å²) in [6, 6.07) is 4.14. The Morgan fingerprint density at radius 2 is 2.08 bits per heavy atom. The summed E-state index contributed by atoms with van der Waals surface area (Å²) in [6.45, 7) is 0.993. The van der Waals surface area contributed by atoms with E-state index in [1.165, 1.54) is 0 Å². The standard InChI is InChI=1S/C18H21NO5/c1-19-8-16-18(4-3-10(21-2)5-15(18)19)12-7-14-13(22-9-23-14)6-11(12)17(20)24-16/h3-4,6-7,10,15-17,20H,5,8-9H2,1-2H3/t10-,15-,16-,17-,18-/m0/s1. The van der Waals surface area contributed by atoms with E-state index in [1.807, 2.05) is 12.1 Å². The Morgan fingerprint density at radius 3 is 2.88 bits per heavy atom. The van der Waals surface area contributed by atoms with Crippen molar-refractivity contribution >= 4 is 0 Å². The Balaban J connectivity index is 1.73. The molecule has 0 unspecified atom stereocenters. The summed E-state index contributed by atoms with van der Waals surface area (Å²) in [5, 5.41) is 10.5. The highest BCUT2D eigenvalue weighted by atomic mass is 16.7. The third-order valence-corrected chi connectivity index (χ3v) is 5.99. The molecular weight excluding hydrogens is 310 g/mol. The molecule has 0 aromatic heterocycles. The van der Waals surface area contributed by atoms with Gasteiger partial charge in [0.1, 0.15) is 0 Å². The Morgan fingerprint density at radius 1 is 1.29 bits per heavy atom. The number of ether oxygens (including phenoxy) is 4. The summed E-state index contributed by atoms with van der Waals surface area (Å²) in [5.74, 6) is 1.41. The van der Waals surface area contributed by atoms with Gasteiger partial charge in [0, 0.05) is 25.3 Å². The Kier molecular flexibility index (Phi) is 3.04. The second kappa shape index (κ2) is 4.95. The predicted octanol–water partition coefficient (Wildman–Crippen LogP) is 1.33. The maximum atomic E-state index is 10.5. The van der Waals surface area contributed by atoms with Gasteiger partial charge < -0.3 is 24.1 Å². The van der Waals surface area contributed by atoms with Crippen molar-refractivity contribution in [3.63, 3.8) is 0 Å². The van der Waals surface area contributed by atoms with Crippen molar-refractivity contribution in [2.24, 2.45) is 0 Å². The van der Waals surface area contributed by atoms with Gasteiger partial charge in [0.2, 0.25) is 6.79 Å². The van der Waals surface area contributed by atoms with Crippen LogP contribution in [0.2, 0.25) is 0 Å². The summed E-state index contributed by atoms with van der Waals surface area (Å²) in [5.41, 5.74) is 1.56. The van der Waals surface area contributed by atoms with Crippen LogP contribution >= 0.6 is 0 Å². The zero-order valence-corrected chi connectivity index (χ0v) is 13.8. The average Bonchev–Trinajstić information content (AvgIpc) is 3.16. The molecule has 0 bridgehead atoms. The smallest absolute Gasteiger partial charge is 0.231 e. The molecule has 24 heavy (non-hydrogen) atoms. The molecule has 1 aromatic carbocycles. The lowest BCUT2D eigenvalue weighted by atomic mass is 9.65. The first-order chi connectivity index (χ1) is 11.6. The van der Waals surface area contributed by atoms with Crippen molar-refractivity contribution in [2.45, 2.75) is 36.4 Å². The first-order valence-corrected chi connectivity index (χ1v) is 8.33. The number of hydrogen-bond donors (Lipinski definition) is 1. The molecule has 0 amide bonds. The summed E-state index contributed by atoms with van der Waals surface area (Å²) >= 11 is 0. The molecule has 1 aromatic rings. The van der Waals surface area contributed by atoms with Gasteiger partial charge in [0.25, 0.3) is 0 Å². The van der Waals surface area contributed by atoms with Crippen molar-refractivity contribution in [3.8, 4) is 11.5 Å². The average molecular weight is 331 g/mol. The number of rotatable bonds is 1. The summed E-state index contributed by atoms with van der Waals surface area (Å²) in [7, 11) is 3.85. The van der Waals surface area contributed by atoms with Crippen LogP contribution in [0.5, 0.6) is 11.5 Å². The lowest BCUT2D eigenvalue weighted by Gasteiger charge is -2.46. The third-order valence-electron chi connectivity index (χ3n) is 5.99. The third kappa shape index (κ3) is 1.74. The molecule has 5 atom stereocenters. The first kappa shape index (κ1) is 14.7. The SMILES string of the molecule is CO[C@H]1C=C[C@@]23c4cc5c(cc4[C@@H](O)O[C@H]2CN(C)[C@H]3C1)OCO5. The van der Waals surface area contributed by atoms with Crippen LogP contribution in [0.4, 0.5) is 0 Å². The lowest BCUT2D eigenvalue weighted by Crippen LogP contribution is -2.52. The molecule has 1 spiro atoms. The van der Waals surface area contributed by atoms with Gasteiger partial charge in [0.15, 0.2) is 17.8 Å². The van der Waals surface area contributed by atoms with Gasteiger partial charge in [-0.15, -0.1) is 0 Å². The summed E-state index contributed by atoms with van der Waals surface area (Å²) in [6.07, 6.45) is 4.31. The summed E-state index contributed by atoms with van der Waals surface area (Å²) < 4.78 is 22.6. The molecule has 1 aliphatic carbocycles. The minimum absolute atomic E-state index is 0.0931. The van der Waals surface area contributed by atoms with Gasteiger partial charge in [-0.2, -0.15) is 0 Å². The van der Waals surface area contributed by atoms with E-state index in [1.54, 1.807) is 7.11 Å². The van der Waals surface area contributed by atoms with Crippen LogP contribution in [0.25, 0.3) is 0 Å². The van der Waals surface area contributed by atoms with Crippen molar-refractivity contribution in [1.29, 1.82) is 0 Å². The molecule has 6 nitrogen and oxygen atoms in total. The Hall–Kier alpha value is -1.60. The highest BCUT2D eigenvalue weighted by Crippen LogP contribution is 2.54. The van der Waals surface area contributed by atoms with Crippen LogP contribution in [0.15, 0.2) is 24.3 Å². The molecule has 1 saturated heterocycles. The number of likely N-dealkylation sites (tertiary alicyclic amines) is 1. The van der Waals surface area contributed by atoms with Gasteiger partial charge in [-0.25, -0.2) is 0 Å². The number of likely N-dealkylation sites (N-methyl/N-ethyl adjacent to an activating group) is 1. The largest absolute Gasteiger partial charge is 0.454 e. The van der Waals surface area contributed by atoms with E-state index in [4.69, 9.17) is 18.9 Å². The maximum Gasteiger partial charge on any atom is 0.231 e. The normalized spacial score (nSPS) is 39.5. The van der Waals surface area contributed by atoms with E-state index >= 15 is 0 Å². The van der Waals surface area contributed by atoms with Crippen molar-refractivity contribution in [2.75, 3.05) is 27.5 Å². The number of benzene rings is 1. The first-order valence-electron chi connectivity index (χ1n) is 8.33. The van der Waals surface area contributed by atoms with Crippen LogP contribution in [0.1, 0.15) is 23.8 Å². The molecule has 4 aliphatic rings. The lowest BCUT2D eigenvalue weighted by molar-refractivity contribution is -0.160. The Labute approximate surface area is 140 Å². The molecule has 0 radical (unpaired) electrons. The van der Waals surface area contributed by atoms with E-state index < -0.39 is 6.29 Å². The predicted molar refractivity (Wildman–Crippen MR) is 85.0 cm³/mol. The van der Waals surface area contributed by atoms with Gasteiger partial charge in [0.05, 0.1) is 17.6 Å². The second-order valence-electron chi connectivity index (χ2n) is 7.03. The summed E-state index contributed by atoms with van der Waals surface area (Å²) in [4.78, 5) is 2.31. The van der Waals surface area contributed by atoms with E-state index in [9.17, 15) is 5.11 Å². The molecule has 5 rings (SSSR count). The monoisotopic (exact) mass is 331 g/mol. The quantitative estimate of drug-likeness (QED) is 0.784.